The zero-order valence-electron chi connectivity index (χ0n) is 12.6. The molecule has 5 heteroatoms. The molecular formula is C16H25NO4. The van der Waals surface area contributed by atoms with Crippen LogP contribution in [-0.4, -0.2) is 51.2 Å². The van der Waals surface area contributed by atoms with E-state index in [2.05, 4.69) is 11.9 Å². The molecule has 1 aromatic rings. The Morgan fingerprint density at radius 3 is 2.76 bits per heavy atom. The van der Waals surface area contributed by atoms with E-state index in [1.807, 2.05) is 24.3 Å². The van der Waals surface area contributed by atoms with Crippen molar-refractivity contribution in [3.8, 4) is 11.5 Å². The van der Waals surface area contributed by atoms with Gasteiger partial charge < -0.3 is 24.6 Å². The van der Waals surface area contributed by atoms with Gasteiger partial charge in [-0.1, -0.05) is 18.2 Å². The summed E-state index contributed by atoms with van der Waals surface area (Å²) in [7, 11) is 1.62. The summed E-state index contributed by atoms with van der Waals surface area (Å²) in [6.07, 6.45) is 1.86. The second-order valence-electron chi connectivity index (χ2n) is 4.52. The molecule has 0 fully saturated rings. The molecule has 0 aliphatic carbocycles. The third-order valence-electron chi connectivity index (χ3n) is 2.81. The third kappa shape index (κ3) is 7.70. The number of para-hydroxylation sites is 2. The van der Waals surface area contributed by atoms with E-state index in [-0.39, 0.29) is 0 Å². The van der Waals surface area contributed by atoms with Crippen LogP contribution >= 0.6 is 0 Å². The fourth-order valence-electron chi connectivity index (χ4n) is 1.74. The molecule has 0 unspecified atom stereocenters. The standard InChI is InChI=1S/C16H25NO4/c1-3-11-20-13-14(18)8-9-17-10-12-21-16-7-5-4-6-15(16)19-2/h3-7,14,17-18H,1,8-13H2,2H3/t14-/m1/s1. The first-order chi connectivity index (χ1) is 10.3. The number of hydrogen-bond acceptors (Lipinski definition) is 5. The Kier molecular flexibility index (Phi) is 9.28. The van der Waals surface area contributed by atoms with Gasteiger partial charge in [0.15, 0.2) is 11.5 Å². The Hall–Kier alpha value is -1.56. The summed E-state index contributed by atoms with van der Waals surface area (Å²) in [5.41, 5.74) is 0. The van der Waals surface area contributed by atoms with E-state index in [0.29, 0.717) is 39.3 Å². The van der Waals surface area contributed by atoms with Crippen LogP contribution in [0.2, 0.25) is 0 Å². The van der Waals surface area contributed by atoms with E-state index in [1.54, 1.807) is 13.2 Å². The molecule has 1 aromatic carbocycles. The summed E-state index contributed by atoms with van der Waals surface area (Å²) < 4.78 is 16.0. The molecular weight excluding hydrogens is 270 g/mol. The molecule has 0 aliphatic rings. The van der Waals surface area contributed by atoms with Gasteiger partial charge in [-0.15, -0.1) is 6.58 Å². The van der Waals surface area contributed by atoms with Gasteiger partial charge in [0.1, 0.15) is 6.61 Å². The van der Waals surface area contributed by atoms with E-state index in [4.69, 9.17) is 14.2 Å². The van der Waals surface area contributed by atoms with Crippen molar-refractivity contribution in [2.24, 2.45) is 0 Å². The molecule has 0 amide bonds. The molecule has 1 rings (SSSR count). The summed E-state index contributed by atoms with van der Waals surface area (Å²) in [5.74, 6) is 1.46. The number of benzene rings is 1. The Morgan fingerprint density at radius 1 is 1.29 bits per heavy atom. The Balaban J connectivity index is 2.05. The van der Waals surface area contributed by atoms with Gasteiger partial charge in [-0.05, 0) is 25.1 Å². The lowest BCUT2D eigenvalue weighted by molar-refractivity contribution is 0.0447. The maximum atomic E-state index is 9.63. The van der Waals surface area contributed by atoms with E-state index < -0.39 is 6.10 Å². The van der Waals surface area contributed by atoms with Crippen LogP contribution in [0.3, 0.4) is 0 Å². The number of ether oxygens (including phenoxy) is 3. The minimum atomic E-state index is -0.451. The van der Waals surface area contributed by atoms with E-state index in [9.17, 15) is 5.11 Å². The highest BCUT2D eigenvalue weighted by molar-refractivity contribution is 5.39. The molecule has 0 heterocycles. The van der Waals surface area contributed by atoms with Crippen LogP contribution in [0.15, 0.2) is 36.9 Å². The summed E-state index contributed by atoms with van der Waals surface area (Å²) in [4.78, 5) is 0. The zero-order chi connectivity index (χ0) is 15.3. The van der Waals surface area contributed by atoms with Gasteiger partial charge in [-0.25, -0.2) is 0 Å². The van der Waals surface area contributed by atoms with Crippen LogP contribution in [0.5, 0.6) is 11.5 Å². The summed E-state index contributed by atoms with van der Waals surface area (Å²) in [5, 5.41) is 12.8. The van der Waals surface area contributed by atoms with Crippen LogP contribution in [0.1, 0.15) is 6.42 Å². The molecule has 21 heavy (non-hydrogen) atoms. The van der Waals surface area contributed by atoms with Crippen molar-refractivity contribution in [2.75, 3.05) is 40.0 Å². The molecule has 0 bridgehead atoms. The lowest BCUT2D eigenvalue weighted by Gasteiger charge is -2.12. The maximum Gasteiger partial charge on any atom is 0.161 e. The van der Waals surface area contributed by atoms with Crippen LogP contribution in [0.25, 0.3) is 0 Å². The molecule has 5 nitrogen and oxygen atoms in total. The second-order valence-corrected chi connectivity index (χ2v) is 4.52. The third-order valence-corrected chi connectivity index (χ3v) is 2.81. The van der Waals surface area contributed by atoms with Crippen molar-refractivity contribution in [3.05, 3.63) is 36.9 Å². The number of aliphatic hydroxyl groups excluding tert-OH is 1. The van der Waals surface area contributed by atoms with Crippen molar-refractivity contribution in [1.29, 1.82) is 0 Å². The topological polar surface area (TPSA) is 60.0 Å². The number of methoxy groups -OCH3 is 1. The monoisotopic (exact) mass is 295 g/mol. The lowest BCUT2D eigenvalue weighted by Crippen LogP contribution is -2.27. The van der Waals surface area contributed by atoms with E-state index in [0.717, 1.165) is 11.5 Å². The first-order valence-corrected chi connectivity index (χ1v) is 7.11. The molecule has 0 spiro atoms. The molecule has 0 saturated heterocycles. The van der Waals surface area contributed by atoms with Gasteiger partial charge in [0, 0.05) is 6.54 Å². The van der Waals surface area contributed by atoms with Crippen LogP contribution in [0, 0.1) is 0 Å². The Bertz CT molecular complexity index is 398. The molecule has 0 radical (unpaired) electrons. The van der Waals surface area contributed by atoms with Gasteiger partial charge in [-0.3, -0.25) is 0 Å². The van der Waals surface area contributed by atoms with Gasteiger partial charge in [0.05, 0.1) is 26.4 Å². The predicted molar refractivity (Wildman–Crippen MR) is 83.0 cm³/mol. The fraction of sp³-hybridized carbons (Fsp3) is 0.500. The van der Waals surface area contributed by atoms with Crippen molar-refractivity contribution in [3.63, 3.8) is 0 Å². The second kappa shape index (κ2) is 11.1. The quantitative estimate of drug-likeness (QED) is 0.453. The minimum absolute atomic E-state index is 0.339. The van der Waals surface area contributed by atoms with Crippen LogP contribution < -0.4 is 14.8 Å². The van der Waals surface area contributed by atoms with Gasteiger partial charge >= 0.3 is 0 Å². The van der Waals surface area contributed by atoms with Crippen LogP contribution in [-0.2, 0) is 4.74 Å². The zero-order valence-corrected chi connectivity index (χ0v) is 12.6. The highest BCUT2D eigenvalue weighted by Crippen LogP contribution is 2.25. The highest BCUT2D eigenvalue weighted by Gasteiger charge is 2.04. The van der Waals surface area contributed by atoms with E-state index >= 15 is 0 Å². The maximum absolute atomic E-state index is 9.63. The molecule has 1 atom stereocenters. The Labute approximate surface area is 126 Å². The average molecular weight is 295 g/mol. The fourth-order valence-corrected chi connectivity index (χ4v) is 1.74. The molecule has 0 aliphatic heterocycles. The van der Waals surface area contributed by atoms with Crippen LogP contribution in [0.4, 0.5) is 0 Å². The SMILES string of the molecule is C=CCOC[C@H](O)CCNCCOc1ccccc1OC. The normalized spacial score (nSPS) is 11.9. The first-order valence-electron chi connectivity index (χ1n) is 7.11. The van der Waals surface area contributed by atoms with Crippen molar-refractivity contribution >= 4 is 0 Å². The number of hydrogen-bond donors (Lipinski definition) is 2. The lowest BCUT2D eigenvalue weighted by atomic mass is 10.2. The highest BCUT2D eigenvalue weighted by atomic mass is 16.5. The van der Waals surface area contributed by atoms with Gasteiger partial charge in [0.25, 0.3) is 0 Å². The molecule has 2 N–H and O–H groups in total. The summed E-state index contributed by atoms with van der Waals surface area (Å²) in [6, 6.07) is 7.55. The van der Waals surface area contributed by atoms with Crippen molar-refractivity contribution < 1.29 is 19.3 Å². The smallest absolute Gasteiger partial charge is 0.161 e. The minimum Gasteiger partial charge on any atom is -0.493 e. The van der Waals surface area contributed by atoms with Crippen molar-refractivity contribution in [1.82, 2.24) is 5.32 Å². The number of rotatable bonds is 12. The van der Waals surface area contributed by atoms with Crippen molar-refractivity contribution in [2.45, 2.75) is 12.5 Å². The summed E-state index contributed by atoms with van der Waals surface area (Å²) >= 11 is 0. The number of nitrogens with one attached hydrogen (secondary N) is 1. The predicted octanol–water partition coefficient (Wildman–Crippen LogP) is 1.62. The number of aliphatic hydroxyl groups is 1. The summed E-state index contributed by atoms with van der Waals surface area (Å²) in [6.45, 7) is 6.32. The average Bonchev–Trinajstić information content (AvgIpc) is 2.51. The van der Waals surface area contributed by atoms with E-state index in [1.165, 1.54) is 0 Å². The Morgan fingerprint density at radius 2 is 2.05 bits per heavy atom. The molecule has 118 valence electrons. The van der Waals surface area contributed by atoms with Gasteiger partial charge in [0.2, 0.25) is 0 Å². The largest absolute Gasteiger partial charge is 0.493 e. The molecule has 0 aromatic heterocycles. The van der Waals surface area contributed by atoms with Gasteiger partial charge in [-0.2, -0.15) is 0 Å². The molecule has 0 saturated carbocycles. The first kappa shape index (κ1) is 17.5.